The number of halogens is 1. The Hall–Kier alpha value is -2.79. The standard InChI is InChI=1S/C22H20FN3S/c1-22(2,3)15-6-10-17(11-7-15)26-20-19-18(12-27-21(19)25-13-24-20)14-4-8-16(23)9-5-14/h4-13H,1-3H3,(H,24,25,26). The van der Waals surface area contributed by atoms with Crippen LogP contribution < -0.4 is 5.32 Å². The normalized spacial score (nSPS) is 11.7. The summed E-state index contributed by atoms with van der Waals surface area (Å²) in [6, 6.07) is 14.9. The van der Waals surface area contributed by atoms with Crippen LogP contribution in [0.5, 0.6) is 0 Å². The van der Waals surface area contributed by atoms with Crippen molar-refractivity contribution in [3.63, 3.8) is 0 Å². The molecule has 4 rings (SSSR count). The lowest BCUT2D eigenvalue weighted by atomic mass is 9.87. The number of fused-ring (bicyclic) bond motifs is 1. The van der Waals surface area contributed by atoms with Crippen LogP contribution >= 0.6 is 11.3 Å². The summed E-state index contributed by atoms with van der Waals surface area (Å²) in [5, 5.41) is 6.41. The van der Waals surface area contributed by atoms with Gasteiger partial charge in [-0.05, 0) is 40.8 Å². The molecule has 0 atom stereocenters. The molecule has 0 saturated carbocycles. The molecule has 0 aliphatic rings. The van der Waals surface area contributed by atoms with Crippen molar-refractivity contribution < 1.29 is 4.39 Å². The van der Waals surface area contributed by atoms with Crippen LogP contribution in [0.1, 0.15) is 26.3 Å². The number of hydrogen-bond acceptors (Lipinski definition) is 4. The Morgan fingerprint density at radius 2 is 1.63 bits per heavy atom. The molecule has 1 N–H and O–H groups in total. The van der Waals surface area contributed by atoms with Crippen molar-refractivity contribution in [1.29, 1.82) is 0 Å². The molecule has 3 nitrogen and oxygen atoms in total. The minimum absolute atomic E-state index is 0.115. The van der Waals surface area contributed by atoms with E-state index >= 15 is 0 Å². The quantitative estimate of drug-likeness (QED) is 0.440. The molecule has 0 bridgehead atoms. The fourth-order valence-electron chi connectivity index (χ4n) is 3.00. The third-order valence-corrected chi connectivity index (χ3v) is 5.43. The Bertz CT molecular complexity index is 1080. The SMILES string of the molecule is CC(C)(C)c1ccc(Nc2ncnc3scc(-c4ccc(F)cc4)c23)cc1. The zero-order valence-corrected chi connectivity index (χ0v) is 16.3. The first-order valence-electron chi connectivity index (χ1n) is 8.77. The van der Waals surface area contributed by atoms with Crippen LogP contribution in [0.4, 0.5) is 15.9 Å². The molecule has 0 unspecified atom stereocenters. The van der Waals surface area contributed by atoms with Crippen LogP contribution in [0.25, 0.3) is 21.3 Å². The van der Waals surface area contributed by atoms with Crippen LogP contribution in [-0.4, -0.2) is 9.97 Å². The van der Waals surface area contributed by atoms with E-state index in [-0.39, 0.29) is 11.2 Å². The third kappa shape index (κ3) is 3.55. The molecule has 5 heteroatoms. The summed E-state index contributed by atoms with van der Waals surface area (Å²) in [5.41, 5.74) is 4.32. The highest BCUT2D eigenvalue weighted by Crippen LogP contribution is 2.37. The van der Waals surface area contributed by atoms with Gasteiger partial charge in [-0.3, -0.25) is 0 Å². The summed E-state index contributed by atoms with van der Waals surface area (Å²) in [7, 11) is 0. The smallest absolute Gasteiger partial charge is 0.143 e. The van der Waals surface area contributed by atoms with E-state index in [0.29, 0.717) is 0 Å². The van der Waals surface area contributed by atoms with Gasteiger partial charge in [0.05, 0.1) is 5.39 Å². The summed E-state index contributed by atoms with van der Waals surface area (Å²) in [6.07, 6.45) is 1.57. The van der Waals surface area contributed by atoms with E-state index in [9.17, 15) is 4.39 Å². The average Bonchev–Trinajstić information content (AvgIpc) is 3.07. The zero-order chi connectivity index (χ0) is 19.0. The van der Waals surface area contributed by atoms with E-state index in [2.05, 4.69) is 60.3 Å². The van der Waals surface area contributed by atoms with E-state index < -0.39 is 0 Å². The van der Waals surface area contributed by atoms with Gasteiger partial charge in [0, 0.05) is 16.6 Å². The Balaban J connectivity index is 1.74. The molecule has 2 heterocycles. The fourth-order valence-corrected chi connectivity index (χ4v) is 3.92. The molecule has 136 valence electrons. The Labute approximate surface area is 161 Å². The second kappa shape index (κ2) is 6.74. The molecule has 27 heavy (non-hydrogen) atoms. The Morgan fingerprint density at radius 3 is 2.30 bits per heavy atom. The molecule has 0 spiro atoms. The van der Waals surface area contributed by atoms with Crippen molar-refractivity contribution in [2.24, 2.45) is 0 Å². The molecule has 4 aromatic rings. The molecule has 0 aliphatic carbocycles. The van der Waals surface area contributed by atoms with Gasteiger partial charge in [0.25, 0.3) is 0 Å². The number of hydrogen-bond donors (Lipinski definition) is 1. The number of aromatic nitrogens is 2. The molecular weight excluding hydrogens is 357 g/mol. The topological polar surface area (TPSA) is 37.8 Å². The van der Waals surface area contributed by atoms with Crippen molar-refractivity contribution in [1.82, 2.24) is 9.97 Å². The van der Waals surface area contributed by atoms with Gasteiger partial charge in [-0.25, -0.2) is 14.4 Å². The molecule has 0 fully saturated rings. The van der Waals surface area contributed by atoms with Gasteiger partial charge in [0.15, 0.2) is 0 Å². The number of rotatable bonds is 3. The molecule has 2 aromatic heterocycles. The first-order valence-corrected chi connectivity index (χ1v) is 9.65. The second-order valence-electron chi connectivity index (χ2n) is 7.51. The highest BCUT2D eigenvalue weighted by atomic mass is 32.1. The van der Waals surface area contributed by atoms with E-state index in [4.69, 9.17) is 0 Å². The van der Waals surface area contributed by atoms with E-state index in [1.807, 2.05) is 5.38 Å². The summed E-state index contributed by atoms with van der Waals surface area (Å²) < 4.78 is 13.3. The van der Waals surface area contributed by atoms with Crippen LogP contribution in [0, 0.1) is 5.82 Å². The number of nitrogens with one attached hydrogen (secondary N) is 1. The van der Waals surface area contributed by atoms with Crippen LogP contribution in [0.2, 0.25) is 0 Å². The lowest BCUT2D eigenvalue weighted by Crippen LogP contribution is -2.10. The number of benzene rings is 2. The maximum absolute atomic E-state index is 13.3. The second-order valence-corrected chi connectivity index (χ2v) is 8.37. The van der Waals surface area contributed by atoms with Gasteiger partial charge in [-0.1, -0.05) is 45.0 Å². The minimum Gasteiger partial charge on any atom is -0.340 e. The highest BCUT2D eigenvalue weighted by Gasteiger charge is 2.15. The monoisotopic (exact) mass is 377 g/mol. The van der Waals surface area contributed by atoms with Crippen LogP contribution in [0.15, 0.2) is 60.2 Å². The van der Waals surface area contributed by atoms with Crippen LogP contribution in [-0.2, 0) is 5.41 Å². The predicted octanol–water partition coefficient (Wildman–Crippen LogP) is 6.54. The van der Waals surface area contributed by atoms with E-state index in [1.165, 1.54) is 17.7 Å². The van der Waals surface area contributed by atoms with Gasteiger partial charge in [0.2, 0.25) is 0 Å². The van der Waals surface area contributed by atoms with Crippen molar-refractivity contribution in [3.8, 4) is 11.1 Å². The van der Waals surface area contributed by atoms with Gasteiger partial charge >= 0.3 is 0 Å². The van der Waals surface area contributed by atoms with Gasteiger partial charge in [-0.15, -0.1) is 11.3 Å². The molecule has 0 saturated heterocycles. The van der Waals surface area contributed by atoms with Crippen molar-refractivity contribution in [2.45, 2.75) is 26.2 Å². The minimum atomic E-state index is -0.244. The fraction of sp³-hybridized carbons (Fsp3) is 0.182. The number of nitrogens with zero attached hydrogens (tertiary/aromatic N) is 2. The maximum Gasteiger partial charge on any atom is 0.143 e. The molecule has 0 aliphatic heterocycles. The maximum atomic E-state index is 13.3. The number of thiophene rings is 1. The summed E-state index contributed by atoms with van der Waals surface area (Å²) in [6.45, 7) is 6.59. The first kappa shape index (κ1) is 17.6. The molecule has 0 amide bonds. The summed E-state index contributed by atoms with van der Waals surface area (Å²) in [5.74, 6) is 0.510. The van der Waals surface area contributed by atoms with Gasteiger partial charge in [0.1, 0.15) is 22.8 Å². The summed E-state index contributed by atoms with van der Waals surface area (Å²) in [4.78, 5) is 9.75. The van der Waals surface area contributed by atoms with Crippen molar-refractivity contribution in [2.75, 3.05) is 5.32 Å². The molecule has 2 aromatic carbocycles. The lowest BCUT2D eigenvalue weighted by molar-refractivity contribution is 0.590. The average molecular weight is 377 g/mol. The van der Waals surface area contributed by atoms with E-state index in [0.717, 1.165) is 32.8 Å². The van der Waals surface area contributed by atoms with Gasteiger partial charge < -0.3 is 5.32 Å². The largest absolute Gasteiger partial charge is 0.340 e. The predicted molar refractivity (Wildman–Crippen MR) is 111 cm³/mol. The van der Waals surface area contributed by atoms with Gasteiger partial charge in [-0.2, -0.15) is 0 Å². The molecular formula is C22H20FN3S. The van der Waals surface area contributed by atoms with Crippen molar-refractivity contribution >= 4 is 33.1 Å². The lowest BCUT2D eigenvalue weighted by Gasteiger charge is -2.19. The first-order chi connectivity index (χ1) is 12.9. The van der Waals surface area contributed by atoms with Crippen LogP contribution in [0.3, 0.4) is 0 Å². The summed E-state index contributed by atoms with van der Waals surface area (Å²) >= 11 is 1.56. The van der Waals surface area contributed by atoms with Crippen molar-refractivity contribution in [3.05, 3.63) is 71.6 Å². The Morgan fingerprint density at radius 1 is 0.926 bits per heavy atom. The van der Waals surface area contributed by atoms with E-state index in [1.54, 1.807) is 29.8 Å². The zero-order valence-electron chi connectivity index (χ0n) is 15.5. The Kier molecular flexibility index (Phi) is 4.40. The highest BCUT2D eigenvalue weighted by molar-refractivity contribution is 7.17. The number of anilines is 2. The third-order valence-electron chi connectivity index (χ3n) is 4.54. The molecule has 0 radical (unpaired) electrons.